The lowest BCUT2D eigenvalue weighted by Crippen LogP contribution is -2.17. The number of nitrogens with two attached hydrogens (primary N) is 1. The van der Waals surface area contributed by atoms with Crippen LogP contribution >= 0.6 is 11.6 Å². The summed E-state index contributed by atoms with van der Waals surface area (Å²) < 4.78 is 40.4. The maximum absolute atomic E-state index is 12.2. The molecule has 1 aromatic carbocycles. The fraction of sp³-hybridized carbons (Fsp3) is 0.0625. The van der Waals surface area contributed by atoms with Gasteiger partial charge in [-0.05, 0) is 36.4 Å². The average Bonchev–Trinajstić information content (AvgIpc) is 2.61. The van der Waals surface area contributed by atoms with Gasteiger partial charge in [-0.2, -0.15) is 0 Å². The molecular formula is C16H12ClF3N6O. The molecule has 11 heteroatoms. The zero-order valence-corrected chi connectivity index (χ0v) is 14.2. The van der Waals surface area contributed by atoms with Crippen molar-refractivity contribution in [3.8, 4) is 5.75 Å². The van der Waals surface area contributed by atoms with Crippen molar-refractivity contribution in [3.63, 3.8) is 0 Å². The molecule has 2 heterocycles. The first kappa shape index (κ1) is 18.5. The SMILES string of the molecule is Nc1c(Nc2ccc(OC(F)(F)F)cc2)ncnc1Nc1cccnc1Cl. The first-order valence-corrected chi connectivity index (χ1v) is 7.80. The van der Waals surface area contributed by atoms with Crippen molar-refractivity contribution in [2.75, 3.05) is 16.4 Å². The first-order valence-electron chi connectivity index (χ1n) is 7.42. The second-order valence-corrected chi connectivity index (χ2v) is 5.51. The zero-order valence-electron chi connectivity index (χ0n) is 13.5. The van der Waals surface area contributed by atoms with Crippen molar-refractivity contribution in [2.24, 2.45) is 0 Å². The van der Waals surface area contributed by atoms with Crippen molar-refractivity contribution >= 4 is 40.3 Å². The highest BCUT2D eigenvalue weighted by atomic mass is 35.5. The van der Waals surface area contributed by atoms with E-state index in [-0.39, 0.29) is 22.4 Å². The molecule has 0 unspecified atom stereocenters. The normalized spacial score (nSPS) is 11.1. The van der Waals surface area contributed by atoms with Crippen LogP contribution in [0.5, 0.6) is 5.75 Å². The summed E-state index contributed by atoms with van der Waals surface area (Å²) in [5.74, 6) is 0.216. The second kappa shape index (κ2) is 7.54. The van der Waals surface area contributed by atoms with Crippen molar-refractivity contribution in [1.29, 1.82) is 0 Å². The molecular weight excluding hydrogens is 385 g/mol. The van der Waals surface area contributed by atoms with Crippen LogP contribution in [-0.4, -0.2) is 21.3 Å². The van der Waals surface area contributed by atoms with E-state index in [0.717, 1.165) is 0 Å². The van der Waals surface area contributed by atoms with Gasteiger partial charge in [-0.3, -0.25) is 0 Å². The van der Waals surface area contributed by atoms with E-state index in [1.54, 1.807) is 12.1 Å². The number of benzene rings is 1. The molecule has 0 saturated carbocycles. The number of aromatic nitrogens is 3. The molecule has 0 aliphatic heterocycles. The molecule has 0 amide bonds. The van der Waals surface area contributed by atoms with Crippen LogP contribution in [-0.2, 0) is 0 Å². The number of nitrogens with one attached hydrogen (secondary N) is 2. The average molecular weight is 397 g/mol. The van der Waals surface area contributed by atoms with E-state index in [2.05, 4.69) is 30.3 Å². The molecule has 4 N–H and O–H groups in total. The Labute approximate surface area is 156 Å². The number of rotatable bonds is 5. The Morgan fingerprint density at radius 2 is 1.63 bits per heavy atom. The van der Waals surface area contributed by atoms with Crippen LogP contribution in [0.4, 0.5) is 41.9 Å². The number of anilines is 5. The highest BCUT2D eigenvalue weighted by Gasteiger charge is 2.30. The molecule has 0 atom stereocenters. The van der Waals surface area contributed by atoms with Gasteiger partial charge in [0.1, 0.15) is 17.8 Å². The number of nitrogens with zero attached hydrogens (tertiary/aromatic N) is 3. The second-order valence-electron chi connectivity index (χ2n) is 5.15. The molecule has 3 aromatic rings. The number of halogens is 4. The molecule has 3 rings (SSSR count). The van der Waals surface area contributed by atoms with Gasteiger partial charge in [-0.25, -0.2) is 15.0 Å². The Balaban J connectivity index is 1.77. The topological polar surface area (TPSA) is 98.0 Å². The number of pyridine rings is 1. The minimum absolute atomic E-state index is 0.188. The lowest BCUT2D eigenvalue weighted by atomic mass is 10.3. The highest BCUT2D eigenvalue weighted by Crippen LogP contribution is 2.31. The Kier molecular flexibility index (Phi) is 5.17. The predicted molar refractivity (Wildman–Crippen MR) is 95.4 cm³/mol. The van der Waals surface area contributed by atoms with Gasteiger partial charge in [0, 0.05) is 11.9 Å². The van der Waals surface area contributed by atoms with Crippen LogP contribution < -0.4 is 21.1 Å². The van der Waals surface area contributed by atoms with Gasteiger partial charge >= 0.3 is 6.36 Å². The van der Waals surface area contributed by atoms with Crippen molar-refractivity contribution in [2.45, 2.75) is 6.36 Å². The summed E-state index contributed by atoms with van der Waals surface area (Å²) in [6.45, 7) is 0. The fourth-order valence-corrected chi connectivity index (χ4v) is 2.24. The molecule has 7 nitrogen and oxygen atoms in total. The summed E-state index contributed by atoms with van der Waals surface area (Å²) in [6, 6.07) is 8.52. The summed E-state index contributed by atoms with van der Waals surface area (Å²) in [6.07, 6.45) is -1.94. The number of nitrogen functional groups attached to an aromatic ring is 1. The van der Waals surface area contributed by atoms with Crippen LogP contribution in [0.2, 0.25) is 5.15 Å². The predicted octanol–water partition coefficient (Wildman–Crippen LogP) is 4.49. The highest BCUT2D eigenvalue weighted by molar-refractivity contribution is 6.32. The smallest absolute Gasteiger partial charge is 0.406 e. The van der Waals surface area contributed by atoms with E-state index in [1.807, 2.05) is 0 Å². The largest absolute Gasteiger partial charge is 0.573 e. The molecule has 140 valence electrons. The quantitative estimate of drug-likeness (QED) is 0.546. The Morgan fingerprint density at radius 1 is 0.963 bits per heavy atom. The zero-order chi connectivity index (χ0) is 19.4. The number of ether oxygens (including phenoxy) is 1. The van der Waals surface area contributed by atoms with Crippen molar-refractivity contribution < 1.29 is 17.9 Å². The molecule has 0 saturated heterocycles. The van der Waals surface area contributed by atoms with Gasteiger partial charge < -0.3 is 21.1 Å². The summed E-state index contributed by atoms with van der Waals surface area (Å²) in [5.41, 5.74) is 7.21. The summed E-state index contributed by atoms with van der Waals surface area (Å²) >= 11 is 5.99. The maximum atomic E-state index is 12.2. The van der Waals surface area contributed by atoms with E-state index in [4.69, 9.17) is 17.3 Å². The van der Waals surface area contributed by atoms with Gasteiger partial charge in [-0.15, -0.1) is 13.2 Å². The van der Waals surface area contributed by atoms with Crippen LogP contribution in [0.3, 0.4) is 0 Å². The third-order valence-corrected chi connectivity index (χ3v) is 3.55. The maximum Gasteiger partial charge on any atom is 0.573 e. The lowest BCUT2D eigenvalue weighted by molar-refractivity contribution is -0.274. The summed E-state index contributed by atoms with van der Waals surface area (Å²) in [7, 11) is 0. The fourth-order valence-electron chi connectivity index (χ4n) is 2.08. The molecule has 0 radical (unpaired) electrons. The van der Waals surface area contributed by atoms with Crippen molar-refractivity contribution in [1.82, 2.24) is 15.0 Å². The number of alkyl halides is 3. The molecule has 0 aliphatic carbocycles. The minimum Gasteiger partial charge on any atom is -0.406 e. The number of hydrogen-bond donors (Lipinski definition) is 3. The van der Waals surface area contributed by atoms with Gasteiger partial charge in [0.15, 0.2) is 16.8 Å². The molecule has 0 fully saturated rings. The summed E-state index contributed by atoms with van der Waals surface area (Å²) in [5, 5.41) is 6.09. The molecule has 27 heavy (non-hydrogen) atoms. The van der Waals surface area contributed by atoms with Crippen LogP contribution in [0.1, 0.15) is 0 Å². The van der Waals surface area contributed by atoms with Crippen LogP contribution in [0, 0.1) is 0 Å². The van der Waals surface area contributed by atoms with Crippen LogP contribution in [0.15, 0.2) is 48.9 Å². The van der Waals surface area contributed by atoms with Gasteiger partial charge in [0.05, 0.1) is 5.69 Å². The molecule has 2 aromatic heterocycles. The monoisotopic (exact) mass is 396 g/mol. The van der Waals surface area contributed by atoms with E-state index in [1.165, 1.54) is 36.8 Å². The van der Waals surface area contributed by atoms with Crippen LogP contribution in [0.25, 0.3) is 0 Å². The Hall–Kier alpha value is -3.27. The van der Waals surface area contributed by atoms with Gasteiger partial charge in [0.2, 0.25) is 0 Å². The molecule has 0 bridgehead atoms. The van der Waals surface area contributed by atoms with E-state index in [9.17, 15) is 13.2 Å². The lowest BCUT2D eigenvalue weighted by Gasteiger charge is -2.13. The summed E-state index contributed by atoms with van der Waals surface area (Å²) in [4.78, 5) is 12.0. The third kappa shape index (κ3) is 4.88. The number of hydrogen-bond acceptors (Lipinski definition) is 7. The van der Waals surface area contributed by atoms with E-state index in [0.29, 0.717) is 17.2 Å². The van der Waals surface area contributed by atoms with E-state index < -0.39 is 6.36 Å². The third-order valence-electron chi connectivity index (χ3n) is 3.25. The standard InChI is InChI=1S/C16H12ClF3N6O/c17-13-11(2-1-7-22-13)26-15-12(21)14(23-8-24-15)25-9-3-5-10(6-4-9)27-16(18,19)20/h1-8H,21H2,(H2,23,24,25,26). The van der Waals surface area contributed by atoms with Gasteiger partial charge in [-0.1, -0.05) is 11.6 Å². The Morgan fingerprint density at radius 3 is 2.26 bits per heavy atom. The first-order chi connectivity index (χ1) is 12.8. The Bertz CT molecular complexity index is 936. The molecule has 0 aliphatic rings. The minimum atomic E-state index is -4.75. The van der Waals surface area contributed by atoms with Gasteiger partial charge in [0.25, 0.3) is 0 Å². The molecule has 0 spiro atoms. The van der Waals surface area contributed by atoms with Crippen molar-refractivity contribution in [3.05, 3.63) is 54.1 Å². The van der Waals surface area contributed by atoms with E-state index >= 15 is 0 Å².